The Bertz CT molecular complexity index is 727. The van der Waals surface area contributed by atoms with Gasteiger partial charge in [0, 0.05) is 17.1 Å². The monoisotopic (exact) mass is 331 g/mol. The number of aryl methyl sites for hydroxylation is 1. The van der Waals surface area contributed by atoms with Gasteiger partial charge in [-0.25, -0.2) is 4.98 Å². The van der Waals surface area contributed by atoms with Crippen LogP contribution in [0.5, 0.6) is 5.75 Å². The first-order valence-corrected chi connectivity index (χ1v) is 7.82. The highest BCUT2D eigenvalue weighted by molar-refractivity contribution is 6.31. The molecule has 3 rings (SSSR count). The molecule has 5 nitrogen and oxygen atoms in total. The molecule has 1 aliphatic rings. The largest absolute Gasteiger partial charge is 0.495 e. The van der Waals surface area contributed by atoms with Crippen LogP contribution < -0.4 is 15.4 Å². The number of benzene rings is 1. The second-order valence-electron chi connectivity index (χ2n) is 5.61. The average Bonchev–Trinajstić information content (AvgIpc) is 3.35. The predicted molar refractivity (Wildman–Crippen MR) is 91.6 cm³/mol. The molecular weight excluding hydrogens is 314 g/mol. The van der Waals surface area contributed by atoms with Crippen molar-refractivity contribution in [1.29, 1.82) is 0 Å². The van der Waals surface area contributed by atoms with E-state index in [0.717, 1.165) is 11.3 Å². The van der Waals surface area contributed by atoms with Crippen molar-refractivity contribution in [3.8, 4) is 5.75 Å². The lowest BCUT2D eigenvalue weighted by Gasteiger charge is -2.12. The number of nitrogens with one attached hydrogen (secondary N) is 2. The Kier molecular flexibility index (Phi) is 4.39. The van der Waals surface area contributed by atoms with Gasteiger partial charge in [0.1, 0.15) is 11.4 Å². The zero-order chi connectivity index (χ0) is 16.4. The van der Waals surface area contributed by atoms with Gasteiger partial charge in [-0.15, -0.1) is 0 Å². The molecule has 23 heavy (non-hydrogen) atoms. The van der Waals surface area contributed by atoms with Crippen LogP contribution in [0.1, 0.15) is 28.9 Å². The van der Waals surface area contributed by atoms with Crippen molar-refractivity contribution in [2.75, 3.05) is 17.7 Å². The smallest absolute Gasteiger partial charge is 0.274 e. The van der Waals surface area contributed by atoms with Crippen LogP contribution in [-0.2, 0) is 0 Å². The molecule has 0 atom stereocenters. The summed E-state index contributed by atoms with van der Waals surface area (Å²) in [5.74, 6) is 0.226. The highest BCUT2D eigenvalue weighted by Gasteiger charge is 2.21. The summed E-state index contributed by atoms with van der Waals surface area (Å²) in [5.41, 5.74) is 2.71. The maximum Gasteiger partial charge on any atom is 0.274 e. The van der Waals surface area contributed by atoms with Crippen LogP contribution in [0.4, 0.5) is 11.4 Å². The van der Waals surface area contributed by atoms with Gasteiger partial charge < -0.3 is 15.4 Å². The molecule has 1 aromatic heterocycles. The maximum absolute atomic E-state index is 12.3. The zero-order valence-electron chi connectivity index (χ0n) is 13.0. The summed E-state index contributed by atoms with van der Waals surface area (Å²) in [4.78, 5) is 16.6. The second-order valence-corrected chi connectivity index (χ2v) is 6.01. The van der Waals surface area contributed by atoms with Crippen molar-refractivity contribution in [2.45, 2.75) is 25.8 Å². The number of nitrogens with zero attached hydrogens (tertiary/aromatic N) is 1. The molecule has 1 aromatic carbocycles. The number of methoxy groups -OCH3 is 1. The molecule has 120 valence electrons. The van der Waals surface area contributed by atoms with Gasteiger partial charge in [-0.3, -0.25) is 4.79 Å². The Morgan fingerprint density at radius 2 is 2.13 bits per heavy atom. The Morgan fingerprint density at radius 3 is 2.74 bits per heavy atom. The molecule has 1 saturated carbocycles. The van der Waals surface area contributed by atoms with Gasteiger partial charge >= 0.3 is 0 Å². The highest BCUT2D eigenvalue weighted by Crippen LogP contribution is 2.31. The standard InChI is InChI=1S/C17H18ClN3O2/c1-10-7-15(16(23-2)8-13(10)18)21-17(22)14-6-5-12(9-19-14)20-11-3-4-11/h5-9,11,20H,3-4H2,1-2H3,(H,21,22). The van der Waals surface area contributed by atoms with E-state index in [2.05, 4.69) is 15.6 Å². The normalized spacial score (nSPS) is 13.5. The number of pyridine rings is 1. The Morgan fingerprint density at radius 1 is 1.35 bits per heavy atom. The SMILES string of the molecule is COc1cc(Cl)c(C)cc1NC(=O)c1ccc(NC2CC2)cn1. The number of rotatable bonds is 5. The van der Waals surface area contributed by atoms with E-state index < -0.39 is 0 Å². The first-order chi connectivity index (χ1) is 11.1. The summed E-state index contributed by atoms with van der Waals surface area (Å²) in [5, 5.41) is 6.74. The Hall–Kier alpha value is -2.27. The fourth-order valence-corrected chi connectivity index (χ4v) is 2.35. The van der Waals surface area contributed by atoms with E-state index in [-0.39, 0.29) is 5.91 Å². The maximum atomic E-state index is 12.3. The van der Waals surface area contributed by atoms with Crippen LogP contribution in [0.25, 0.3) is 0 Å². The van der Waals surface area contributed by atoms with Crippen molar-refractivity contribution in [2.24, 2.45) is 0 Å². The van der Waals surface area contributed by atoms with Crippen molar-refractivity contribution < 1.29 is 9.53 Å². The molecule has 1 fully saturated rings. The van der Waals surface area contributed by atoms with Crippen LogP contribution in [0.3, 0.4) is 0 Å². The van der Waals surface area contributed by atoms with Crippen LogP contribution in [-0.4, -0.2) is 24.0 Å². The van der Waals surface area contributed by atoms with Gasteiger partial charge in [-0.05, 0) is 43.5 Å². The number of carbonyl (C=O) groups is 1. The van der Waals surface area contributed by atoms with E-state index in [1.54, 1.807) is 24.4 Å². The third-order valence-corrected chi connectivity index (χ3v) is 4.08. The van der Waals surface area contributed by atoms with Crippen LogP contribution in [0, 0.1) is 6.92 Å². The van der Waals surface area contributed by atoms with Crippen LogP contribution >= 0.6 is 11.6 Å². The molecule has 0 spiro atoms. The summed E-state index contributed by atoms with van der Waals surface area (Å²) >= 11 is 6.07. The van der Waals surface area contributed by atoms with Gasteiger partial charge in [0.2, 0.25) is 0 Å². The van der Waals surface area contributed by atoms with Gasteiger partial charge in [0.15, 0.2) is 0 Å². The number of hydrogen-bond donors (Lipinski definition) is 2. The fraction of sp³-hybridized carbons (Fsp3) is 0.294. The first-order valence-electron chi connectivity index (χ1n) is 7.45. The van der Waals surface area contributed by atoms with E-state index in [9.17, 15) is 4.79 Å². The number of ether oxygens (including phenoxy) is 1. The molecule has 0 bridgehead atoms. The quantitative estimate of drug-likeness (QED) is 0.872. The third kappa shape index (κ3) is 3.74. The molecule has 1 heterocycles. The molecular formula is C17H18ClN3O2. The van der Waals surface area contributed by atoms with Crippen molar-refractivity contribution in [3.63, 3.8) is 0 Å². The summed E-state index contributed by atoms with van der Waals surface area (Å²) in [6.07, 6.45) is 4.06. The highest BCUT2D eigenvalue weighted by atomic mass is 35.5. The lowest BCUT2D eigenvalue weighted by molar-refractivity contribution is 0.102. The fourth-order valence-electron chi connectivity index (χ4n) is 2.19. The summed E-state index contributed by atoms with van der Waals surface area (Å²) in [6, 6.07) is 7.59. The zero-order valence-corrected chi connectivity index (χ0v) is 13.8. The number of aromatic nitrogens is 1. The molecule has 0 unspecified atom stereocenters. The van der Waals surface area contributed by atoms with E-state index in [1.165, 1.54) is 20.0 Å². The minimum absolute atomic E-state index is 0.289. The number of carbonyl (C=O) groups excluding carboxylic acids is 1. The van der Waals surface area contributed by atoms with Crippen LogP contribution in [0.2, 0.25) is 5.02 Å². The number of amides is 1. The molecule has 2 aromatic rings. The van der Waals surface area contributed by atoms with Gasteiger partial charge in [-0.1, -0.05) is 11.6 Å². The lowest BCUT2D eigenvalue weighted by Crippen LogP contribution is -2.14. The topological polar surface area (TPSA) is 63.2 Å². The molecule has 2 N–H and O–H groups in total. The summed E-state index contributed by atoms with van der Waals surface area (Å²) in [6.45, 7) is 1.87. The van der Waals surface area contributed by atoms with E-state index in [4.69, 9.17) is 16.3 Å². The molecule has 0 aliphatic heterocycles. The molecule has 0 saturated heterocycles. The lowest BCUT2D eigenvalue weighted by atomic mass is 10.2. The number of hydrogen-bond acceptors (Lipinski definition) is 4. The van der Waals surface area contributed by atoms with Crippen molar-refractivity contribution in [3.05, 3.63) is 46.7 Å². The molecule has 1 aliphatic carbocycles. The summed E-state index contributed by atoms with van der Waals surface area (Å²) in [7, 11) is 1.53. The van der Waals surface area contributed by atoms with Gasteiger partial charge in [0.05, 0.1) is 24.7 Å². The Labute approximate surface area is 140 Å². The number of halogens is 1. The van der Waals surface area contributed by atoms with E-state index in [1.807, 2.05) is 13.0 Å². The average molecular weight is 332 g/mol. The van der Waals surface area contributed by atoms with Gasteiger partial charge in [0.25, 0.3) is 5.91 Å². The minimum Gasteiger partial charge on any atom is -0.495 e. The van der Waals surface area contributed by atoms with Crippen molar-refractivity contribution in [1.82, 2.24) is 4.98 Å². The van der Waals surface area contributed by atoms with E-state index in [0.29, 0.717) is 28.2 Å². The summed E-state index contributed by atoms with van der Waals surface area (Å²) < 4.78 is 5.26. The second kappa shape index (κ2) is 6.46. The Balaban J connectivity index is 1.74. The van der Waals surface area contributed by atoms with Crippen molar-refractivity contribution >= 4 is 28.9 Å². The van der Waals surface area contributed by atoms with Gasteiger partial charge in [-0.2, -0.15) is 0 Å². The first kappa shape index (κ1) is 15.6. The van der Waals surface area contributed by atoms with E-state index >= 15 is 0 Å². The minimum atomic E-state index is -0.289. The molecule has 6 heteroatoms. The molecule has 0 radical (unpaired) electrons. The number of anilines is 2. The molecule has 1 amide bonds. The predicted octanol–water partition coefficient (Wildman–Crippen LogP) is 3.88. The third-order valence-electron chi connectivity index (χ3n) is 3.67. The van der Waals surface area contributed by atoms with Crippen LogP contribution in [0.15, 0.2) is 30.5 Å².